The van der Waals surface area contributed by atoms with Gasteiger partial charge in [-0.3, -0.25) is 0 Å². The van der Waals surface area contributed by atoms with Crippen LogP contribution in [0.2, 0.25) is 0 Å². The van der Waals surface area contributed by atoms with E-state index in [2.05, 4.69) is 10.3 Å². The van der Waals surface area contributed by atoms with Crippen LogP contribution in [0.15, 0.2) is 30.6 Å². The van der Waals surface area contributed by atoms with Crippen LogP contribution in [0.3, 0.4) is 0 Å². The summed E-state index contributed by atoms with van der Waals surface area (Å²) < 4.78 is 14.6. The second-order valence-electron chi connectivity index (χ2n) is 3.03. The first kappa shape index (κ1) is 9.34. The van der Waals surface area contributed by atoms with Crippen molar-refractivity contribution in [1.29, 1.82) is 5.26 Å². The molecule has 5 heteroatoms. The molecule has 0 unspecified atom stereocenters. The third-order valence-corrected chi connectivity index (χ3v) is 1.97. The summed E-state index contributed by atoms with van der Waals surface area (Å²) in [6, 6.07) is 6.21. The average molecular weight is 202 g/mol. The first-order valence-electron chi connectivity index (χ1n) is 4.32. The first-order chi connectivity index (χ1) is 7.29. The van der Waals surface area contributed by atoms with Crippen molar-refractivity contribution in [3.05, 3.63) is 47.5 Å². The third kappa shape index (κ3) is 1.99. The summed E-state index contributed by atoms with van der Waals surface area (Å²) in [4.78, 5) is 0. The molecule has 0 aliphatic rings. The van der Waals surface area contributed by atoms with Gasteiger partial charge in [0.1, 0.15) is 11.9 Å². The van der Waals surface area contributed by atoms with Crippen LogP contribution < -0.4 is 0 Å². The summed E-state index contributed by atoms with van der Waals surface area (Å²) >= 11 is 0. The molecule has 0 N–H and O–H groups in total. The molecule has 0 aliphatic heterocycles. The summed E-state index contributed by atoms with van der Waals surface area (Å²) in [6.45, 7) is 0.481. The second kappa shape index (κ2) is 3.88. The number of aromatic nitrogens is 3. The van der Waals surface area contributed by atoms with Crippen molar-refractivity contribution >= 4 is 0 Å². The lowest BCUT2D eigenvalue weighted by Crippen LogP contribution is -2.01. The summed E-state index contributed by atoms with van der Waals surface area (Å²) in [7, 11) is 0. The molecule has 0 saturated heterocycles. The Labute approximate surface area is 85.6 Å². The number of hydrogen-bond acceptors (Lipinski definition) is 3. The van der Waals surface area contributed by atoms with E-state index in [4.69, 9.17) is 5.26 Å². The molecular formula is C10H7FN4. The van der Waals surface area contributed by atoms with Crippen molar-refractivity contribution in [2.75, 3.05) is 0 Å². The topological polar surface area (TPSA) is 54.5 Å². The van der Waals surface area contributed by atoms with Crippen LogP contribution in [0.25, 0.3) is 0 Å². The molecule has 4 nitrogen and oxygen atoms in total. The Kier molecular flexibility index (Phi) is 2.42. The van der Waals surface area contributed by atoms with Gasteiger partial charge in [0.25, 0.3) is 0 Å². The molecule has 74 valence electrons. The third-order valence-electron chi connectivity index (χ3n) is 1.97. The van der Waals surface area contributed by atoms with E-state index in [0.717, 1.165) is 5.56 Å². The minimum absolute atomic E-state index is 0.0487. The van der Waals surface area contributed by atoms with Crippen LogP contribution in [0.4, 0.5) is 4.39 Å². The Morgan fingerprint density at radius 3 is 3.00 bits per heavy atom. The monoisotopic (exact) mass is 202 g/mol. The Balaban J connectivity index is 2.27. The zero-order valence-electron chi connectivity index (χ0n) is 7.76. The maximum absolute atomic E-state index is 13.0. The Hall–Kier alpha value is -2.22. The van der Waals surface area contributed by atoms with E-state index in [1.54, 1.807) is 29.2 Å². The fraction of sp³-hybridized carbons (Fsp3) is 0.100. The van der Waals surface area contributed by atoms with E-state index in [0.29, 0.717) is 6.54 Å². The van der Waals surface area contributed by atoms with Crippen LogP contribution >= 0.6 is 0 Å². The van der Waals surface area contributed by atoms with Crippen molar-refractivity contribution in [2.24, 2.45) is 0 Å². The molecule has 0 aliphatic carbocycles. The zero-order valence-corrected chi connectivity index (χ0v) is 7.76. The Morgan fingerprint density at radius 1 is 1.47 bits per heavy atom. The normalized spacial score (nSPS) is 9.87. The van der Waals surface area contributed by atoms with Gasteiger partial charge in [-0.2, -0.15) is 5.26 Å². The van der Waals surface area contributed by atoms with Gasteiger partial charge in [-0.25, -0.2) is 9.07 Å². The van der Waals surface area contributed by atoms with Crippen LogP contribution in [0.1, 0.15) is 11.1 Å². The van der Waals surface area contributed by atoms with Gasteiger partial charge in [-0.15, -0.1) is 5.10 Å². The fourth-order valence-electron chi connectivity index (χ4n) is 1.26. The minimum atomic E-state index is -0.500. The van der Waals surface area contributed by atoms with Crippen LogP contribution in [-0.2, 0) is 6.54 Å². The van der Waals surface area contributed by atoms with E-state index in [-0.39, 0.29) is 5.56 Å². The zero-order chi connectivity index (χ0) is 10.7. The molecule has 1 aromatic heterocycles. The molecule has 0 bridgehead atoms. The van der Waals surface area contributed by atoms with Crippen LogP contribution in [0, 0.1) is 17.1 Å². The highest BCUT2D eigenvalue weighted by molar-refractivity contribution is 5.34. The number of hydrogen-bond donors (Lipinski definition) is 0. The average Bonchev–Trinajstić information content (AvgIpc) is 2.73. The predicted octanol–water partition coefficient (Wildman–Crippen LogP) is 1.34. The molecule has 0 atom stereocenters. The van der Waals surface area contributed by atoms with E-state index >= 15 is 0 Å². The highest BCUT2D eigenvalue weighted by Crippen LogP contribution is 2.10. The molecule has 0 fully saturated rings. The van der Waals surface area contributed by atoms with Gasteiger partial charge in [0.2, 0.25) is 0 Å². The number of nitrogens with zero attached hydrogens (tertiary/aromatic N) is 4. The highest BCUT2D eigenvalue weighted by Gasteiger charge is 2.03. The number of benzene rings is 1. The second-order valence-corrected chi connectivity index (χ2v) is 3.03. The van der Waals surface area contributed by atoms with E-state index < -0.39 is 5.82 Å². The van der Waals surface area contributed by atoms with Gasteiger partial charge in [0.05, 0.1) is 18.3 Å². The van der Waals surface area contributed by atoms with Gasteiger partial charge in [-0.05, 0) is 17.7 Å². The fourth-order valence-corrected chi connectivity index (χ4v) is 1.26. The van der Waals surface area contributed by atoms with Crippen LogP contribution in [0.5, 0.6) is 0 Å². The van der Waals surface area contributed by atoms with Gasteiger partial charge in [0.15, 0.2) is 0 Å². The van der Waals surface area contributed by atoms with Gasteiger partial charge >= 0.3 is 0 Å². The maximum Gasteiger partial charge on any atom is 0.140 e. The SMILES string of the molecule is N#Cc1cc(Cn2ccnn2)ccc1F. The predicted molar refractivity (Wildman–Crippen MR) is 50.2 cm³/mol. The lowest BCUT2D eigenvalue weighted by molar-refractivity contribution is 0.618. The molecule has 2 rings (SSSR count). The number of rotatable bonds is 2. The quantitative estimate of drug-likeness (QED) is 0.738. The van der Waals surface area contributed by atoms with Crippen molar-refractivity contribution < 1.29 is 4.39 Å². The number of halogens is 1. The van der Waals surface area contributed by atoms with Gasteiger partial charge < -0.3 is 0 Å². The molecule has 0 amide bonds. The van der Waals surface area contributed by atoms with Crippen molar-refractivity contribution in [3.8, 4) is 6.07 Å². The molecule has 1 aromatic carbocycles. The Bertz CT molecular complexity index is 499. The highest BCUT2D eigenvalue weighted by atomic mass is 19.1. The lowest BCUT2D eigenvalue weighted by atomic mass is 10.1. The van der Waals surface area contributed by atoms with E-state index in [1.165, 1.54) is 12.1 Å². The summed E-state index contributed by atoms with van der Waals surface area (Å²) in [5.41, 5.74) is 0.867. The molecule has 0 spiro atoms. The van der Waals surface area contributed by atoms with E-state index in [9.17, 15) is 4.39 Å². The summed E-state index contributed by atoms with van der Waals surface area (Å²) in [5, 5.41) is 16.1. The maximum atomic E-state index is 13.0. The molecule has 1 heterocycles. The minimum Gasteiger partial charge on any atom is -0.248 e. The Morgan fingerprint density at radius 2 is 2.33 bits per heavy atom. The lowest BCUT2D eigenvalue weighted by Gasteiger charge is -2.01. The van der Waals surface area contributed by atoms with Crippen molar-refractivity contribution in [3.63, 3.8) is 0 Å². The smallest absolute Gasteiger partial charge is 0.140 e. The molecule has 0 radical (unpaired) electrons. The van der Waals surface area contributed by atoms with Gasteiger partial charge in [0, 0.05) is 6.20 Å². The molecule has 2 aromatic rings. The van der Waals surface area contributed by atoms with Crippen molar-refractivity contribution in [2.45, 2.75) is 6.54 Å². The first-order valence-corrected chi connectivity index (χ1v) is 4.32. The number of nitriles is 1. The summed E-state index contributed by atoms with van der Waals surface area (Å²) in [5.74, 6) is -0.500. The van der Waals surface area contributed by atoms with Crippen molar-refractivity contribution in [1.82, 2.24) is 15.0 Å². The van der Waals surface area contributed by atoms with Gasteiger partial charge in [-0.1, -0.05) is 11.3 Å². The largest absolute Gasteiger partial charge is 0.248 e. The summed E-state index contributed by atoms with van der Waals surface area (Å²) in [6.07, 6.45) is 3.27. The van der Waals surface area contributed by atoms with Crippen LogP contribution in [-0.4, -0.2) is 15.0 Å². The van der Waals surface area contributed by atoms with E-state index in [1.807, 2.05) is 0 Å². The molecule has 15 heavy (non-hydrogen) atoms. The molecule has 0 saturated carbocycles. The molecular weight excluding hydrogens is 195 g/mol. The standard InChI is InChI=1S/C10H7FN4/c11-10-2-1-8(5-9(10)6-12)7-15-4-3-13-14-15/h1-5H,7H2.